The van der Waals surface area contributed by atoms with Gasteiger partial charge in [-0.3, -0.25) is 9.59 Å². The van der Waals surface area contributed by atoms with E-state index in [1.807, 2.05) is 0 Å². The molecule has 2 N–H and O–H groups in total. The van der Waals surface area contributed by atoms with Crippen molar-refractivity contribution in [2.45, 2.75) is 12.5 Å². The Morgan fingerprint density at radius 2 is 1.90 bits per heavy atom. The summed E-state index contributed by atoms with van der Waals surface area (Å²) in [4.78, 5) is 22.9. The first-order valence-corrected chi connectivity index (χ1v) is 6.78. The van der Waals surface area contributed by atoms with E-state index in [0.29, 0.717) is 10.2 Å². The van der Waals surface area contributed by atoms with E-state index < -0.39 is 23.7 Å². The third-order valence-corrected chi connectivity index (χ3v) is 3.18. The van der Waals surface area contributed by atoms with Crippen molar-refractivity contribution in [3.05, 3.63) is 58.2 Å². The van der Waals surface area contributed by atoms with Crippen LogP contribution in [-0.4, -0.2) is 17.0 Å². The van der Waals surface area contributed by atoms with Crippen LogP contribution in [0.1, 0.15) is 28.6 Å². The van der Waals surface area contributed by atoms with E-state index >= 15 is 0 Å². The number of benzene rings is 1. The Morgan fingerprint density at radius 3 is 2.43 bits per heavy atom. The summed E-state index contributed by atoms with van der Waals surface area (Å²) >= 11 is 3.08. The van der Waals surface area contributed by atoms with Crippen LogP contribution >= 0.6 is 15.9 Å². The van der Waals surface area contributed by atoms with Crippen molar-refractivity contribution in [3.63, 3.8) is 0 Å². The average molecular weight is 356 g/mol. The van der Waals surface area contributed by atoms with Gasteiger partial charge in [0.1, 0.15) is 5.82 Å². The van der Waals surface area contributed by atoms with Gasteiger partial charge in [0.05, 0.1) is 12.5 Å². The van der Waals surface area contributed by atoms with E-state index in [1.165, 1.54) is 30.3 Å². The van der Waals surface area contributed by atoms with Gasteiger partial charge in [0.2, 0.25) is 0 Å². The summed E-state index contributed by atoms with van der Waals surface area (Å²) < 4.78 is 18.4. The number of halogens is 2. The minimum absolute atomic E-state index is 0.0550. The van der Waals surface area contributed by atoms with Crippen molar-refractivity contribution in [2.75, 3.05) is 0 Å². The van der Waals surface area contributed by atoms with Crippen molar-refractivity contribution >= 4 is 27.8 Å². The zero-order valence-corrected chi connectivity index (χ0v) is 12.3. The first kappa shape index (κ1) is 15.2. The van der Waals surface area contributed by atoms with Crippen LogP contribution in [0.25, 0.3) is 0 Å². The molecule has 0 aliphatic heterocycles. The second-order valence-electron chi connectivity index (χ2n) is 4.28. The Balaban J connectivity index is 2.18. The summed E-state index contributed by atoms with van der Waals surface area (Å²) in [6, 6.07) is 7.52. The van der Waals surface area contributed by atoms with Gasteiger partial charge in [-0.05, 0) is 45.8 Å². The average Bonchev–Trinajstić information content (AvgIpc) is 2.85. The number of carboxylic acid groups (broad SMARTS) is 1. The molecule has 0 radical (unpaired) electrons. The molecule has 5 nitrogen and oxygen atoms in total. The highest BCUT2D eigenvalue weighted by Crippen LogP contribution is 2.20. The van der Waals surface area contributed by atoms with Crippen molar-refractivity contribution in [1.82, 2.24) is 5.32 Å². The smallest absolute Gasteiger partial charge is 0.305 e. The fourth-order valence-electron chi connectivity index (χ4n) is 1.79. The van der Waals surface area contributed by atoms with Crippen molar-refractivity contribution < 1.29 is 23.5 Å². The lowest BCUT2D eigenvalue weighted by molar-refractivity contribution is -0.137. The SMILES string of the molecule is O=C(O)C[C@@H](NC(=O)c1ccc(Br)o1)c1ccc(F)cc1. The Kier molecular flexibility index (Phi) is 4.74. The molecule has 1 amide bonds. The maximum Gasteiger partial charge on any atom is 0.305 e. The number of nitrogens with one attached hydrogen (secondary N) is 1. The van der Waals surface area contributed by atoms with E-state index in [0.717, 1.165) is 0 Å². The van der Waals surface area contributed by atoms with Gasteiger partial charge in [0.25, 0.3) is 5.91 Å². The number of carbonyl (C=O) groups excluding carboxylic acids is 1. The van der Waals surface area contributed by atoms with Gasteiger partial charge < -0.3 is 14.8 Å². The zero-order chi connectivity index (χ0) is 15.4. The Hall–Kier alpha value is -2.15. The molecular formula is C14H11BrFNO4. The van der Waals surface area contributed by atoms with E-state index in [2.05, 4.69) is 21.2 Å². The molecule has 7 heteroatoms. The van der Waals surface area contributed by atoms with E-state index in [1.54, 1.807) is 6.07 Å². The molecule has 2 rings (SSSR count). The number of aliphatic carboxylic acids is 1. The van der Waals surface area contributed by atoms with E-state index in [-0.39, 0.29) is 12.2 Å². The van der Waals surface area contributed by atoms with Gasteiger partial charge in [-0.2, -0.15) is 0 Å². The highest BCUT2D eigenvalue weighted by Gasteiger charge is 2.20. The molecule has 0 fully saturated rings. The van der Waals surface area contributed by atoms with Crippen LogP contribution in [0.5, 0.6) is 0 Å². The van der Waals surface area contributed by atoms with Crippen LogP contribution in [-0.2, 0) is 4.79 Å². The molecular weight excluding hydrogens is 345 g/mol. The van der Waals surface area contributed by atoms with E-state index in [4.69, 9.17) is 9.52 Å². The predicted octanol–water partition coefficient (Wildman–Crippen LogP) is 3.13. The molecule has 1 heterocycles. The van der Waals surface area contributed by atoms with Crippen LogP contribution in [0.15, 0.2) is 45.5 Å². The van der Waals surface area contributed by atoms with Crippen LogP contribution in [0.3, 0.4) is 0 Å². The summed E-state index contributed by atoms with van der Waals surface area (Å²) in [5.41, 5.74) is 0.498. The maximum atomic E-state index is 12.9. The predicted molar refractivity (Wildman–Crippen MR) is 75.3 cm³/mol. The molecule has 0 bridgehead atoms. The number of rotatable bonds is 5. The molecule has 21 heavy (non-hydrogen) atoms. The molecule has 0 aliphatic carbocycles. The van der Waals surface area contributed by atoms with Crippen molar-refractivity contribution in [1.29, 1.82) is 0 Å². The standard InChI is InChI=1S/C14H11BrFNO4/c15-12-6-5-11(21-12)14(20)17-10(7-13(18)19)8-1-3-9(16)4-2-8/h1-6,10H,7H2,(H,17,20)(H,18,19)/t10-/m1/s1. The van der Waals surface area contributed by atoms with Gasteiger partial charge >= 0.3 is 5.97 Å². The Bertz CT molecular complexity index is 653. The number of amides is 1. The Morgan fingerprint density at radius 1 is 1.24 bits per heavy atom. The molecule has 0 spiro atoms. The molecule has 0 aliphatic rings. The van der Waals surface area contributed by atoms with Gasteiger partial charge in [0, 0.05) is 0 Å². The first-order chi connectivity index (χ1) is 9.95. The maximum absolute atomic E-state index is 12.9. The number of hydrogen-bond donors (Lipinski definition) is 2. The van der Waals surface area contributed by atoms with Gasteiger partial charge in [-0.15, -0.1) is 0 Å². The zero-order valence-electron chi connectivity index (χ0n) is 10.7. The highest BCUT2D eigenvalue weighted by molar-refractivity contribution is 9.10. The Labute approximate surface area is 127 Å². The van der Waals surface area contributed by atoms with Crippen LogP contribution in [0.4, 0.5) is 4.39 Å². The quantitative estimate of drug-likeness (QED) is 0.863. The molecule has 110 valence electrons. The molecule has 0 saturated carbocycles. The number of furan rings is 1. The van der Waals surface area contributed by atoms with Crippen molar-refractivity contribution in [2.24, 2.45) is 0 Å². The molecule has 0 unspecified atom stereocenters. The third kappa shape index (κ3) is 4.16. The normalized spacial score (nSPS) is 11.9. The largest absolute Gasteiger partial charge is 0.481 e. The molecule has 1 atom stereocenters. The van der Waals surface area contributed by atoms with Gasteiger partial charge in [-0.1, -0.05) is 12.1 Å². The lowest BCUT2D eigenvalue weighted by atomic mass is 10.0. The lowest BCUT2D eigenvalue weighted by Crippen LogP contribution is -2.29. The van der Waals surface area contributed by atoms with E-state index in [9.17, 15) is 14.0 Å². The van der Waals surface area contributed by atoms with Gasteiger partial charge in [-0.25, -0.2) is 4.39 Å². The highest BCUT2D eigenvalue weighted by atomic mass is 79.9. The molecule has 0 saturated heterocycles. The fraction of sp³-hybridized carbons (Fsp3) is 0.143. The molecule has 2 aromatic rings. The second kappa shape index (κ2) is 6.53. The van der Waals surface area contributed by atoms with Gasteiger partial charge in [0.15, 0.2) is 10.4 Å². The minimum Gasteiger partial charge on any atom is -0.481 e. The van der Waals surface area contributed by atoms with Crippen molar-refractivity contribution in [3.8, 4) is 0 Å². The number of hydrogen-bond acceptors (Lipinski definition) is 3. The number of carboxylic acids is 1. The lowest BCUT2D eigenvalue weighted by Gasteiger charge is -2.16. The molecule has 1 aromatic heterocycles. The van der Waals surface area contributed by atoms with Crippen LogP contribution in [0.2, 0.25) is 0 Å². The fourth-order valence-corrected chi connectivity index (χ4v) is 2.09. The van der Waals surface area contributed by atoms with Crippen LogP contribution in [0, 0.1) is 5.82 Å². The summed E-state index contributed by atoms with van der Waals surface area (Å²) in [5, 5.41) is 11.5. The summed E-state index contributed by atoms with van der Waals surface area (Å²) in [7, 11) is 0. The minimum atomic E-state index is -1.08. The van der Waals surface area contributed by atoms with Crippen LogP contribution < -0.4 is 5.32 Å². The summed E-state index contributed by atoms with van der Waals surface area (Å²) in [6.45, 7) is 0. The molecule has 1 aromatic carbocycles. The second-order valence-corrected chi connectivity index (χ2v) is 5.06. The monoisotopic (exact) mass is 355 g/mol. The number of carbonyl (C=O) groups is 2. The topological polar surface area (TPSA) is 79.5 Å². The first-order valence-electron chi connectivity index (χ1n) is 5.99. The summed E-state index contributed by atoms with van der Waals surface area (Å²) in [6.07, 6.45) is -0.320. The summed E-state index contributed by atoms with van der Waals surface area (Å²) in [5.74, 6) is -2.00. The third-order valence-electron chi connectivity index (χ3n) is 2.75.